The van der Waals surface area contributed by atoms with Crippen LogP contribution in [0.25, 0.3) is 0 Å². The summed E-state index contributed by atoms with van der Waals surface area (Å²) < 4.78 is 5.17. The normalized spacial score (nSPS) is 24.9. The van der Waals surface area contributed by atoms with E-state index in [2.05, 4.69) is 5.32 Å². The monoisotopic (exact) mass is 256 g/mol. The lowest BCUT2D eigenvalue weighted by Crippen LogP contribution is -2.70. The van der Waals surface area contributed by atoms with Crippen LogP contribution >= 0.6 is 0 Å². The Kier molecular flexibility index (Phi) is 4.73. The first kappa shape index (κ1) is 15.0. The molecule has 0 aromatic rings. The minimum atomic E-state index is -0.829. The SMILES string of the molecule is CCC(COC)N1C(=O)C(C)(C)NC(=O)C1CC. The van der Waals surface area contributed by atoms with Gasteiger partial charge in [-0.3, -0.25) is 9.59 Å². The highest BCUT2D eigenvalue weighted by molar-refractivity contribution is 5.99. The number of nitrogens with one attached hydrogen (secondary N) is 1. The lowest BCUT2D eigenvalue weighted by Gasteiger charge is -2.46. The molecule has 0 radical (unpaired) electrons. The van der Waals surface area contributed by atoms with E-state index >= 15 is 0 Å². The van der Waals surface area contributed by atoms with Crippen molar-refractivity contribution in [1.82, 2.24) is 10.2 Å². The minimum Gasteiger partial charge on any atom is -0.383 e. The van der Waals surface area contributed by atoms with Gasteiger partial charge in [-0.1, -0.05) is 13.8 Å². The van der Waals surface area contributed by atoms with Gasteiger partial charge in [0.25, 0.3) is 0 Å². The molecule has 1 rings (SSSR count). The fourth-order valence-electron chi connectivity index (χ4n) is 2.43. The zero-order valence-corrected chi connectivity index (χ0v) is 11.9. The first-order chi connectivity index (χ1) is 8.38. The van der Waals surface area contributed by atoms with Crippen molar-refractivity contribution in [2.45, 2.75) is 58.2 Å². The van der Waals surface area contributed by atoms with Crippen molar-refractivity contribution < 1.29 is 14.3 Å². The number of carbonyl (C=O) groups is 2. The third-order valence-corrected chi connectivity index (χ3v) is 3.45. The van der Waals surface area contributed by atoms with Crippen LogP contribution in [-0.4, -0.2) is 48.1 Å². The van der Waals surface area contributed by atoms with Gasteiger partial charge in [0.1, 0.15) is 11.6 Å². The van der Waals surface area contributed by atoms with E-state index in [1.165, 1.54) is 0 Å². The summed E-state index contributed by atoms with van der Waals surface area (Å²) in [5.74, 6) is -0.102. The molecule has 0 aromatic carbocycles. The number of nitrogens with zero attached hydrogens (tertiary/aromatic N) is 1. The standard InChI is InChI=1S/C13H24N2O3/c1-6-9(8-18-5)15-10(7-2)11(16)14-13(3,4)12(15)17/h9-10H,6-8H2,1-5H3,(H,14,16). The van der Waals surface area contributed by atoms with Crippen molar-refractivity contribution in [3.05, 3.63) is 0 Å². The van der Waals surface area contributed by atoms with Gasteiger partial charge in [-0.15, -0.1) is 0 Å². The molecule has 1 aliphatic heterocycles. The fraction of sp³-hybridized carbons (Fsp3) is 0.846. The first-order valence-electron chi connectivity index (χ1n) is 6.52. The zero-order chi connectivity index (χ0) is 13.9. The van der Waals surface area contributed by atoms with E-state index in [-0.39, 0.29) is 23.9 Å². The minimum absolute atomic E-state index is 0.0298. The molecule has 1 N–H and O–H groups in total. The average molecular weight is 256 g/mol. The fourth-order valence-corrected chi connectivity index (χ4v) is 2.43. The van der Waals surface area contributed by atoms with E-state index < -0.39 is 5.54 Å². The van der Waals surface area contributed by atoms with Crippen molar-refractivity contribution in [3.63, 3.8) is 0 Å². The van der Waals surface area contributed by atoms with Gasteiger partial charge < -0.3 is 15.0 Å². The summed E-state index contributed by atoms with van der Waals surface area (Å²) in [7, 11) is 1.61. The number of hydrogen-bond acceptors (Lipinski definition) is 3. The van der Waals surface area contributed by atoms with Crippen molar-refractivity contribution in [2.75, 3.05) is 13.7 Å². The molecule has 1 fully saturated rings. The van der Waals surface area contributed by atoms with Gasteiger partial charge in [-0.2, -0.15) is 0 Å². The molecular weight excluding hydrogens is 232 g/mol. The summed E-state index contributed by atoms with van der Waals surface area (Å²) in [4.78, 5) is 26.3. The lowest BCUT2D eigenvalue weighted by molar-refractivity contribution is -0.158. The number of hydrogen-bond donors (Lipinski definition) is 1. The van der Waals surface area contributed by atoms with Crippen LogP contribution < -0.4 is 5.32 Å². The van der Waals surface area contributed by atoms with Crippen LogP contribution in [0.4, 0.5) is 0 Å². The van der Waals surface area contributed by atoms with Crippen LogP contribution in [0.1, 0.15) is 40.5 Å². The second kappa shape index (κ2) is 5.69. The molecule has 0 aliphatic carbocycles. The maximum atomic E-state index is 12.5. The summed E-state index contributed by atoms with van der Waals surface area (Å²) >= 11 is 0. The third kappa shape index (κ3) is 2.66. The molecule has 104 valence electrons. The predicted octanol–water partition coefficient (Wildman–Crippen LogP) is 0.927. The Hall–Kier alpha value is -1.10. The van der Waals surface area contributed by atoms with Crippen LogP contribution in [0.3, 0.4) is 0 Å². The van der Waals surface area contributed by atoms with Gasteiger partial charge in [-0.25, -0.2) is 0 Å². The smallest absolute Gasteiger partial charge is 0.248 e. The highest BCUT2D eigenvalue weighted by Crippen LogP contribution is 2.23. The largest absolute Gasteiger partial charge is 0.383 e. The van der Waals surface area contributed by atoms with Crippen molar-refractivity contribution in [2.24, 2.45) is 0 Å². The Morgan fingerprint density at radius 3 is 2.44 bits per heavy atom. The van der Waals surface area contributed by atoms with Crippen molar-refractivity contribution in [1.29, 1.82) is 0 Å². The zero-order valence-electron chi connectivity index (χ0n) is 11.9. The molecule has 0 spiro atoms. The number of rotatable bonds is 5. The molecule has 2 unspecified atom stereocenters. The molecule has 5 nitrogen and oxygen atoms in total. The third-order valence-electron chi connectivity index (χ3n) is 3.45. The highest BCUT2D eigenvalue weighted by atomic mass is 16.5. The Balaban J connectivity index is 3.06. The summed E-state index contributed by atoms with van der Waals surface area (Å²) in [5.41, 5.74) is -0.829. The second-order valence-corrected chi connectivity index (χ2v) is 5.27. The molecule has 2 amide bonds. The molecule has 2 atom stereocenters. The van der Waals surface area contributed by atoms with Gasteiger partial charge in [0.15, 0.2) is 0 Å². The van der Waals surface area contributed by atoms with Crippen LogP contribution in [0.15, 0.2) is 0 Å². The van der Waals surface area contributed by atoms with Gasteiger partial charge in [-0.05, 0) is 26.7 Å². The highest BCUT2D eigenvalue weighted by Gasteiger charge is 2.46. The van der Waals surface area contributed by atoms with Crippen LogP contribution in [-0.2, 0) is 14.3 Å². The van der Waals surface area contributed by atoms with E-state index in [1.807, 2.05) is 13.8 Å². The summed E-state index contributed by atoms with van der Waals surface area (Å²) in [6.45, 7) is 7.87. The summed E-state index contributed by atoms with van der Waals surface area (Å²) in [6.07, 6.45) is 1.40. The van der Waals surface area contributed by atoms with Crippen molar-refractivity contribution in [3.8, 4) is 0 Å². The van der Waals surface area contributed by atoms with Crippen molar-refractivity contribution >= 4 is 11.8 Å². The number of ether oxygens (including phenoxy) is 1. The predicted molar refractivity (Wildman–Crippen MR) is 69.1 cm³/mol. The molecule has 0 aromatic heterocycles. The van der Waals surface area contributed by atoms with E-state index in [0.717, 1.165) is 6.42 Å². The van der Waals surface area contributed by atoms with Gasteiger partial charge in [0.2, 0.25) is 11.8 Å². The van der Waals surface area contributed by atoms with Crippen LogP contribution in [0.5, 0.6) is 0 Å². The Bertz CT molecular complexity index is 328. The molecule has 5 heteroatoms. The topological polar surface area (TPSA) is 58.6 Å². The number of piperazine rings is 1. The maximum absolute atomic E-state index is 12.5. The van der Waals surface area contributed by atoms with E-state index in [9.17, 15) is 9.59 Å². The number of carbonyl (C=O) groups excluding carboxylic acids is 2. The molecular formula is C13H24N2O3. The molecule has 18 heavy (non-hydrogen) atoms. The van der Waals surface area contributed by atoms with Gasteiger partial charge >= 0.3 is 0 Å². The quantitative estimate of drug-likeness (QED) is 0.796. The Morgan fingerprint density at radius 1 is 1.39 bits per heavy atom. The van der Waals surface area contributed by atoms with E-state index in [4.69, 9.17) is 4.74 Å². The van der Waals surface area contributed by atoms with Gasteiger partial charge in [0.05, 0.1) is 12.6 Å². The van der Waals surface area contributed by atoms with E-state index in [0.29, 0.717) is 13.0 Å². The molecule has 1 heterocycles. The number of amides is 2. The first-order valence-corrected chi connectivity index (χ1v) is 6.52. The Labute approximate surface area is 109 Å². The lowest BCUT2D eigenvalue weighted by atomic mass is 9.93. The molecule has 0 saturated carbocycles. The number of methoxy groups -OCH3 is 1. The average Bonchev–Trinajstić information content (AvgIpc) is 2.30. The van der Waals surface area contributed by atoms with Crippen LogP contribution in [0.2, 0.25) is 0 Å². The van der Waals surface area contributed by atoms with Gasteiger partial charge in [0, 0.05) is 7.11 Å². The second-order valence-electron chi connectivity index (χ2n) is 5.27. The molecule has 0 bridgehead atoms. The molecule has 1 aliphatic rings. The maximum Gasteiger partial charge on any atom is 0.248 e. The van der Waals surface area contributed by atoms with Crippen LogP contribution in [0, 0.1) is 0 Å². The summed E-state index contributed by atoms with van der Waals surface area (Å²) in [5, 5.41) is 2.79. The molecule has 1 saturated heterocycles. The van der Waals surface area contributed by atoms with E-state index in [1.54, 1.807) is 25.9 Å². The summed E-state index contributed by atoms with van der Waals surface area (Å²) in [6, 6.07) is -0.427. The Morgan fingerprint density at radius 2 is 2.00 bits per heavy atom.